The van der Waals surface area contributed by atoms with E-state index in [4.69, 9.17) is 34.4 Å². The molecule has 0 aliphatic carbocycles. The van der Waals surface area contributed by atoms with Crippen molar-refractivity contribution < 1.29 is 146 Å². The summed E-state index contributed by atoms with van der Waals surface area (Å²) in [6, 6.07) is -22.4. The van der Waals surface area contributed by atoms with Gasteiger partial charge in [-0.25, -0.2) is 4.79 Å². The Balaban J connectivity index is 2.50. The Hall–Kier alpha value is -12.9. The van der Waals surface area contributed by atoms with Gasteiger partial charge < -0.3 is 160 Å². The Morgan fingerprint density at radius 1 is 0.399 bits per heavy atom. The molecule has 19 amide bonds. The van der Waals surface area contributed by atoms with Crippen molar-refractivity contribution in [2.75, 3.05) is 38.5 Å². The average Bonchev–Trinajstić information content (AvgIpc) is 1.68. The molecule has 0 bridgehead atoms. The predicted octanol–water partition coefficient (Wildman–Crippen LogP) is -9.43. The van der Waals surface area contributed by atoms with Gasteiger partial charge in [-0.3, -0.25) is 105 Å². The van der Waals surface area contributed by atoms with E-state index in [9.17, 15) is 146 Å². The van der Waals surface area contributed by atoms with E-state index in [1.165, 1.54) is 4.90 Å². The number of thiol groups is 1. The van der Waals surface area contributed by atoms with Gasteiger partial charge in [-0.1, -0.05) is 78.3 Å². The maximum Gasteiger partial charge on any atom is 0.326 e. The van der Waals surface area contributed by atoms with Crippen molar-refractivity contribution in [1.82, 2.24) is 90.0 Å². The molecule has 35 N–H and O–H groups in total. The third-order valence-electron chi connectivity index (χ3n) is 23.0. The fraction of sp³-hybridized carbons (Fsp3) is 0.674. The van der Waals surface area contributed by atoms with Crippen LogP contribution in [0.2, 0.25) is 0 Å². The number of primary amides is 2. The van der Waals surface area contributed by atoms with Crippen LogP contribution in [-0.2, 0) is 117 Å². The molecule has 21 atom stereocenters. The minimum absolute atomic E-state index is 0.00779. The summed E-state index contributed by atoms with van der Waals surface area (Å²) >= 11 is 4.17. The molecule has 2 rings (SSSR count). The van der Waals surface area contributed by atoms with E-state index in [1.54, 1.807) is 71.9 Å². The first-order valence-corrected chi connectivity index (χ1v) is 47.9. The molecule has 143 heavy (non-hydrogen) atoms. The van der Waals surface area contributed by atoms with E-state index in [0.29, 0.717) is 24.8 Å². The number of hydrogen-bond acceptors (Lipinski definition) is 31. The standard InChI is InChI=1S/C89H147N23O30S/c1-10-45(6)69(109-84(136)62-26-20-36-112(62)88(140)68(44(4)5)108-73(125)50(93)41-113)85(137)101-54(28-31-64(95)117)77(129)107-61(42-143)83(135)111-71(48(9)115)87(139)106-60(40-67(122)123)82(134)98-52(24-15-18-34-91)78(130)110-70(47(8)114)86(138)105-59(39-66(120)121)81(133)97-51(23-14-17-33-90)75(127)99-53(27-30-63(94)116)76(128)100-55(29-32-65(118)119)74(126)96-46(7)72(124)103-57(37-43(2)3)79(131)104-58(38-49-21-12-11-13-22-49)80(132)102-56(89(141)142)25-16-19-35-92/h11-13,21-22,43-48,50-62,68-71,113-115,143H,10,14-20,23-42,90-93H2,1-9H3,(H2,94,116)(H2,95,117)(H,96,126)(H,97,133)(H,98,134)(H,99,127)(H,100,128)(H,101,137)(H,102,132)(H,103,124)(H,104,131)(H,105,138)(H,106,139)(H,107,129)(H,108,125)(H,109,136)(H,110,130)(H,111,135)(H,118,119)(H,120,121)(H,122,123)(H,141,142)/t45-,46-,47+,48+,50-,51-,52-,53-,54-,55-,56-,57-,58-,59-,60-,61-,62-,68-,69-,70-,71-/m0/s1. The van der Waals surface area contributed by atoms with Gasteiger partial charge in [0, 0.05) is 38.0 Å². The van der Waals surface area contributed by atoms with Gasteiger partial charge in [0.1, 0.15) is 109 Å². The minimum atomic E-state index is -2.24. The molecule has 0 unspecified atom stereocenters. The van der Waals surface area contributed by atoms with Crippen molar-refractivity contribution in [3.63, 3.8) is 0 Å². The lowest BCUT2D eigenvalue weighted by Crippen LogP contribution is -2.63. The summed E-state index contributed by atoms with van der Waals surface area (Å²) in [6.45, 7) is 12.5. The first-order valence-electron chi connectivity index (χ1n) is 47.3. The number of nitrogens with two attached hydrogens (primary N) is 6. The van der Waals surface area contributed by atoms with Gasteiger partial charge in [0.05, 0.1) is 31.7 Å². The SMILES string of the molecule is CC[C@H](C)[C@H](NC(=O)[C@@H]1CCCN1C(=O)[C@@H](NC(=O)[C@@H](N)CO)C(C)C)C(=O)N[C@@H](CCC(N)=O)C(=O)N[C@@H](CS)C(=O)N[C@H](C(=O)N[C@@H](CC(=O)O)C(=O)N[C@@H](CCCCN)C(=O)N[C@H](C(=O)N[C@@H](CC(=O)O)C(=O)N[C@@H](CCCCN)C(=O)N[C@@H](CCC(N)=O)C(=O)N[C@@H](CCC(=O)O)C(=O)N[C@@H](C)C(=O)N[C@@H](CC(C)C)C(=O)N[C@@H](Cc1ccccc1)C(=O)N[C@@H](CCCCN)C(=O)O)[C@@H](C)O)[C@@H](C)O. The lowest BCUT2D eigenvalue weighted by molar-refractivity contribution is -0.143. The molecule has 0 radical (unpaired) electrons. The summed E-state index contributed by atoms with van der Waals surface area (Å²) < 4.78 is 0. The third-order valence-corrected chi connectivity index (χ3v) is 23.4. The van der Waals surface area contributed by atoms with Crippen molar-refractivity contribution in [3.05, 3.63) is 35.9 Å². The van der Waals surface area contributed by atoms with Gasteiger partial charge in [-0.05, 0) is 160 Å². The summed E-state index contributed by atoms with van der Waals surface area (Å²) in [5, 5.41) is 109. The van der Waals surface area contributed by atoms with Crippen LogP contribution >= 0.6 is 12.6 Å². The second-order valence-electron chi connectivity index (χ2n) is 35.8. The lowest BCUT2D eigenvalue weighted by atomic mass is 9.96. The summed E-state index contributed by atoms with van der Waals surface area (Å²) in [4.78, 5) is 315. The molecule has 1 aromatic rings. The monoisotopic (exact) mass is 2050 g/mol. The number of carbonyl (C=O) groups is 23. The quantitative estimate of drug-likeness (QED) is 0.0213. The Labute approximate surface area is 832 Å². The summed E-state index contributed by atoms with van der Waals surface area (Å²) in [5.74, 6) is -30.1. The number of unbranched alkanes of at least 4 members (excludes halogenated alkanes) is 3. The van der Waals surface area contributed by atoms with Crippen molar-refractivity contribution >= 4 is 149 Å². The predicted molar refractivity (Wildman–Crippen MR) is 512 cm³/mol. The van der Waals surface area contributed by atoms with Crippen LogP contribution in [0.3, 0.4) is 0 Å². The van der Waals surface area contributed by atoms with Gasteiger partial charge in [0.25, 0.3) is 0 Å². The van der Waals surface area contributed by atoms with Crippen LogP contribution in [0.5, 0.6) is 0 Å². The highest BCUT2D eigenvalue weighted by molar-refractivity contribution is 7.80. The molecule has 53 nitrogen and oxygen atoms in total. The largest absolute Gasteiger partial charge is 0.481 e. The van der Waals surface area contributed by atoms with Crippen LogP contribution in [0.4, 0.5) is 0 Å². The average molecular weight is 2050 g/mol. The molecule has 1 aromatic carbocycles. The lowest BCUT2D eigenvalue weighted by Gasteiger charge is -2.32. The van der Waals surface area contributed by atoms with Gasteiger partial charge in [-0.2, -0.15) is 12.6 Å². The molecular weight excluding hydrogens is 1900 g/mol. The number of likely N-dealkylation sites (tertiary alicyclic amines) is 1. The number of carboxylic acid groups (broad SMARTS) is 4. The zero-order valence-electron chi connectivity index (χ0n) is 81.8. The number of carbonyl (C=O) groups excluding carboxylic acids is 19. The molecule has 0 aromatic heterocycles. The molecule has 54 heteroatoms. The van der Waals surface area contributed by atoms with Crippen LogP contribution in [0.1, 0.15) is 203 Å². The maximum atomic E-state index is 14.5. The fourth-order valence-corrected chi connectivity index (χ4v) is 14.9. The molecule has 1 aliphatic rings. The van der Waals surface area contributed by atoms with Crippen LogP contribution in [-0.4, -0.2) is 336 Å². The van der Waals surface area contributed by atoms with E-state index < -0.39 is 339 Å². The fourth-order valence-electron chi connectivity index (χ4n) is 14.6. The second-order valence-corrected chi connectivity index (χ2v) is 36.1. The zero-order valence-corrected chi connectivity index (χ0v) is 82.7. The van der Waals surface area contributed by atoms with Crippen molar-refractivity contribution in [3.8, 4) is 0 Å². The normalized spacial score (nSPS) is 16.5. The highest BCUT2D eigenvalue weighted by Gasteiger charge is 2.45. The maximum absolute atomic E-state index is 14.5. The van der Waals surface area contributed by atoms with Gasteiger partial charge >= 0.3 is 23.9 Å². The van der Waals surface area contributed by atoms with Crippen LogP contribution in [0.15, 0.2) is 30.3 Å². The minimum Gasteiger partial charge on any atom is -0.481 e. The van der Waals surface area contributed by atoms with E-state index in [1.807, 2.05) is 0 Å². The van der Waals surface area contributed by atoms with Gasteiger partial charge in [0.2, 0.25) is 112 Å². The number of rotatable bonds is 70. The second kappa shape index (κ2) is 65.3. The number of amides is 19. The van der Waals surface area contributed by atoms with Crippen molar-refractivity contribution in [1.29, 1.82) is 0 Å². The van der Waals surface area contributed by atoms with E-state index in [2.05, 4.69) is 97.7 Å². The molecule has 1 fully saturated rings. The van der Waals surface area contributed by atoms with Gasteiger partial charge in [-0.15, -0.1) is 0 Å². The summed E-state index contributed by atoms with van der Waals surface area (Å²) in [7, 11) is 0. The number of hydrogen-bond donors (Lipinski definition) is 30. The molecule has 0 spiro atoms. The number of carboxylic acids is 4. The Morgan fingerprint density at radius 2 is 0.755 bits per heavy atom. The smallest absolute Gasteiger partial charge is 0.326 e. The summed E-state index contributed by atoms with van der Waals surface area (Å²) in [5.41, 5.74) is 34.2. The van der Waals surface area contributed by atoms with Crippen LogP contribution in [0.25, 0.3) is 0 Å². The number of nitrogens with zero attached hydrogens (tertiary/aromatic N) is 1. The summed E-state index contributed by atoms with van der Waals surface area (Å²) in [6.07, 6.45) is -9.73. The molecule has 1 saturated heterocycles. The molecule has 0 saturated carbocycles. The zero-order chi connectivity index (χ0) is 108. The first-order chi connectivity index (χ1) is 67.2. The Morgan fingerprint density at radius 3 is 1.15 bits per heavy atom. The highest BCUT2D eigenvalue weighted by atomic mass is 32.1. The van der Waals surface area contributed by atoms with Crippen LogP contribution < -0.4 is 119 Å². The number of benzene rings is 1. The van der Waals surface area contributed by atoms with E-state index >= 15 is 0 Å². The van der Waals surface area contributed by atoms with Crippen LogP contribution in [0, 0.1) is 17.8 Å². The number of aliphatic carboxylic acids is 4. The number of nitrogens with one attached hydrogen (secondary N) is 16. The van der Waals surface area contributed by atoms with E-state index in [0.717, 1.165) is 20.8 Å². The molecule has 804 valence electrons. The van der Waals surface area contributed by atoms with Gasteiger partial charge in [0.15, 0.2) is 0 Å². The highest BCUT2D eigenvalue weighted by Crippen LogP contribution is 2.23. The Kier molecular flexibility index (Phi) is 57.6. The van der Waals surface area contributed by atoms with E-state index in [-0.39, 0.29) is 96.3 Å². The number of aliphatic hydroxyl groups excluding tert-OH is 3. The topological polar surface area (TPSA) is 886 Å². The Bertz CT molecular complexity index is 4480. The third kappa shape index (κ3) is 45.9. The molecule has 1 aliphatic heterocycles. The number of aliphatic hydroxyl groups is 3. The molecule has 1 heterocycles. The first kappa shape index (κ1) is 126. The molecular formula is C89H147N23O30S. The van der Waals surface area contributed by atoms with Crippen molar-refractivity contribution in [2.45, 2.75) is 325 Å². The van der Waals surface area contributed by atoms with Crippen molar-refractivity contribution in [2.24, 2.45) is 52.2 Å².